The topological polar surface area (TPSA) is 64.0 Å². The van der Waals surface area contributed by atoms with Crippen LogP contribution in [0.25, 0.3) is 16.8 Å². The van der Waals surface area contributed by atoms with E-state index in [-0.39, 0.29) is 22.5 Å². The van der Waals surface area contributed by atoms with Crippen molar-refractivity contribution >= 4 is 23.3 Å². The molecular weight excluding hydrogens is 429 g/mol. The third kappa shape index (κ3) is 4.31. The van der Waals surface area contributed by atoms with Gasteiger partial charge in [0, 0.05) is 10.6 Å². The first kappa shape index (κ1) is 21.5. The van der Waals surface area contributed by atoms with E-state index in [0.717, 1.165) is 5.56 Å². The fraction of sp³-hybridized carbons (Fsp3) is 0.0800. The molecule has 4 aromatic rings. The number of carbonyl (C=O) groups excluding carboxylic acids is 1. The number of nitrogens with one attached hydrogen (secondary N) is 1. The Labute approximate surface area is 189 Å². The zero-order valence-electron chi connectivity index (χ0n) is 17.4. The Morgan fingerprint density at radius 1 is 0.938 bits per heavy atom. The summed E-state index contributed by atoms with van der Waals surface area (Å²) >= 11 is 6.03. The molecule has 0 spiro atoms. The Morgan fingerprint density at radius 3 is 2.19 bits per heavy atom. The Hall–Kier alpha value is -3.77. The second-order valence-electron chi connectivity index (χ2n) is 7.35. The number of amides is 1. The lowest BCUT2D eigenvalue weighted by Crippen LogP contribution is -2.25. The third-order valence-corrected chi connectivity index (χ3v) is 5.26. The van der Waals surface area contributed by atoms with Crippen molar-refractivity contribution < 1.29 is 9.18 Å². The summed E-state index contributed by atoms with van der Waals surface area (Å²) < 4.78 is 14.8. The van der Waals surface area contributed by atoms with Crippen molar-refractivity contribution in [2.75, 3.05) is 5.32 Å². The molecule has 0 bridgehead atoms. The lowest BCUT2D eigenvalue weighted by Gasteiger charge is -2.18. The van der Waals surface area contributed by atoms with Gasteiger partial charge in [0.2, 0.25) is 5.43 Å². The van der Waals surface area contributed by atoms with Crippen LogP contribution >= 0.6 is 11.6 Å². The van der Waals surface area contributed by atoms with E-state index in [2.05, 4.69) is 10.4 Å². The quantitative estimate of drug-likeness (QED) is 0.445. The van der Waals surface area contributed by atoms with Gasteiger partial charge in [0.1, 0.15) is 17.3 Å². The van der Waals surface area contributed by atoms with Gasteiger partial charge < -0.3 is 5.32 Å². The Kier molecular flexibility index (Phi) is 5.88. The van der Waals surface area contributed by atoms with Gasteiger partial charge in [0.05, 0.1) is 11.3 Å². The number of hydrogen-bond donors (Lipinski definition) is 1. The summed E-state index contributed by atoms with van der Waals surface area (Å²) in [6.45, 7) is 3.57. The molecule has 5 nitrogen and oxygen atoms in total. The van der Waals surface area contributed by atoms with E-state index in [1.807, 2.05) is 31.2 Å². The first-order chi connectivity index (χ1) is 15.3. The lowest BCUT2D eigenvalue weighted by molar-refractivity contribution is 0.102. The molecule has 0 atom stereocenters. The molecule has 1 N–H and O–H groups in total. The van der Waals surface area contributed by atoms with Crippen LogP contribution in [0.15, 0.2) is 77.6 Å². The van der Waals surface area contributed by atoms with E-state index in [1.165, 1.54) is 28.9 Å². The van der Waals surface area contributed by atoms with Crippen LogP contribution in [0.2, 0.25) is 5.02 Å². The smallest absolute Gasteiger partial charge is 0.256 e. The first-order valence-corrected chi connectivity index (χ1v) is 10.2. The van der Waals surface area contributed by atoms with E-state index < -0.39 is 11.7 Å². The molecule has 0 saturated carbocycles. The summed E-state index contributed by atoms with van der Waals surface area (Å²) in [5, 5.41) is 7.78. The monoisotopic (exact) mass is 447 g/mol. The van der Waals surface area contributed by atoms with Crippen molar-refractivity contribution in [2.45, 2.75) is 13.8 Å². The van der Waals surface area contributed by atoms with E-state index in [0.29, 0.717) is 21.8 Å². The van der Waals surface area contributed by atoms with Gasteiger partial charge in [-0.3, -0.25) is 9.59 Å². The van der Waals surface area contributed by atoms with Gasteiger partial charge in [-0.25, -0.2) is 9.07 Å². The summed E-state index contributed by atoms with van der Waals surface area (Å²) in [6, 6.07) is 19.5. The summed E-state index contributed by atoms with van der Waals surface area (Å²) in [5.41, 5.74) is 2.82. The number of aromatic nitrogens is 2. The molecule has 32 heavy (non-hydrogen) atoms. The molecule has 1 amide bonds. The number of benzene rings is 3. The first-order valence-electron chi connectivity index (χ1n) is 9.87. The molecule has 160 valence electrons. The number of rotatable bonds is 4. The average Bonchev–Trinajstić information content (AvgIpc) is 2.78. The highest BCUT2D eigenvalue weighted by molar-refractivity contribution is 6.30. The van der Waals surface area contributed by atoms with E-state index >= 15 is 0 Å². The second kappa shape index (κ2) is 8.77. The standard InChI is InChI=1S/C25H19ClFN3O2/c1-15-3-5-17(6-4-15)22-23(31)16(2)29-30(21-13-9-19(26)10-14-21)24(22)28-25(32)18-7-11-20(27)12-8-18/h3-14H,1-2H3,(H,28,32). The van der Waals surface area contributed by atoms with Crippen molar-refractivity contribution in [2.24, 2.45) is 0 Å². The van der Waals surface area contributed by atoms with Crippen LogP contribution in [-0.4, -0.2) is 15.7 Å². The van der Waals surface area contributed by atoms with Crippen molar-refractivity contribution in [3.8, 4) is 16.8 Å². The van der Waals surface area contributed by atoms with Crippen molar-refractivity contribution in [1.82, 2.24) is 9.78 Å². The summed E-state index contributed by atoms with van der Waals surface area (Å²) in [4.78, 5) is 26.2. The SMILES string of the molecule is Cc1ccc(-c2c(NC(=O)c3ccc(F)cc3)n(-c3ccc(Cl)cc3)nc(C)c2=O)cc1. The summed E-state index contributed by atoms with van der Waals surface area (Å²) in [7, 11) is 0. The molecule has 0 saturated heterocycles. The molecular formula is C25H19ClFN3O2. The van der Waals surface area contributed by atoms with Crippen molar-refractivity contribution in [1.29, 1.82) is 0 Å². The number of aryl methyl sites for hydroxylation is 2. The number of anilines is 1. The molecule has 0 aliphatic carbocycles. The highest BCUT2D eigenvalue weighted by atomic mass is 35.5. The van der Waals surface area contributed by atoms with Gasteiger partial charge >= 0.3 is 0 Å². The molecule has 3 aromatic carbocycles. The van der Waals surface area contributed by atoms with E-state index in [9.17, 15) is 14.0 Å². The predicted octanol–water partition coefficient (Wildman–Crippen LogP) is 5.56. The molecule has 0 unspecified atom stereocenters. The number of halogens is 2. The van der Waals surface area contributed by atoms with Gasteiger partial charge in [-0.15, -0.1) is 0 Å². The zero-order valence-corrected chi connectivity index (χ0v) is 18.2. The second-order valence-corrected chi connectivity index (χ2v) is 7.79. The largest absolute Gasteiger partial charge is 0.306 e. The van der Waals surface area contributed by atoms with Crippen LogP contribution in [0.1, 0.15) is 21.6 Å². The number of nitrogens with zero attached hydrogens (tertiary/aromatic N) is 2. The van der Waals surface area contributed by atoms with Crippen LogP contribution in [0.5, 0.6) is 0 Å². The molecule has 4 rings (SSSR count). The molecule has 1 aromatic heterocycles. The Morgan fingerprint density at radius 2 is 1.56 bits per heavy atom. The molecule has 7 heteroatoms. The molecule has 0 radical (unpaired) electrons. The minimum atomic E-state index is -0.494. The molecule has 0 aliphatic heterocycles. The van der Waals surface area contributed by atoms with Gasteiger partial charge in [0.25, 0.3) is 5.91 Å². The number of hydrogen-bond acceptors (Lipinski definition) is 3. The maximum absolute atomic E-state index is 13.3. The Balaban J connectivity index is 1.94. The summed E-state index contributed by atoms with van der Waals surface area (Å²) in [6.07, 6.45) is 0. The third-order valence-electron chi connectivity index (χ3n) is 5.00. The van der Waals surface area contributed by atoms with Gasteiger partial charge in [-0.2, -0.15) is 5.10 Å². The van der Waals surface area contributed by atoms with Crippen LogP contribution in [0.3, 0.4) is 0 Å². The van der Waals surface area contributed by atoms with E-state index in [4.69, 9.17) is 11.6 Å². The lowest BCUT2D eigenvalue weighted by atomic mass is 10.0. The van der Waals surface area contributed by atoms with Crippen LogP contribution < -0.4 is 10.7 Å². The van der Waals surface area contributed by atoms with Gasteiger partial charge in [-0.1, -0.05) is 41.4 Å². The summed E-state index contributed by atoms with van der Waals surface area (Å²) in [5.74, 6) is -0.732. The maximum atomic E-state index is 13.3. The van der Waals surface area contributed by atoms with Crippen LogP contribution in [0, 0.1) is 19.7 Å². The predicted molar refractivity (Wildman–Crippen MR) is 124 cm³/mol. The maximum Gasteiger partial charge on any atom is 0.256 e. The zero-order chi connectivity index (χ0) is 22.8. The van der Waals surface area contributed by atoms with Crippen molar-refractivity contribution in [3.63, 3.8) is 0 Å². The molecule has 1 heterocycles. The highest BCUT2D eigenvalue weighted by Gasteiger charge is 2.21. The Bertz CT molecular complexity index is 1350. The average molecular weight is 448 g/mol. The number of carbonyl (C=O) groups is 1. The van der Waals surface area contributed by atoms with Crippen LogP contribution in [-0.2, 0) is 0 Å². The fourth-order valence-corrected chi connectivity index (χ4v) is 3.42. The normalized spacial score (nSPS) is 10.8. The van der Waals surface area contributed by atoms with Gasteiger partial charge in [0.15, 0.2) is 0 Å². The fourth-order valence-electron chi connectivity index (χ4n) is 3.29. The minimum absolute atomic E-state index is 0.209. The van der Waals surface area contributed by atoms with Crippen LogP contribution in [0.4, 0.5) is 10.2 Å². The van der Waals surface area contributed by atoms with E-state index in [1.54, 1.807) is 31.2 Å². The minimum Gasteiger partial charge on any atom is -0.306 e. The molecule has 0 aliphatic rings. The highest BCUT2D eigenvalue weighted by Crippen LogP contribution is 2.28. The molecule has 0 fully saturated rings. The van der Waals surface area contributed by atoms with Crippen molar-refractivity contribution in [3.05, 3.63) is 111 Å². The van der Waals surface area contributed by atoms with Gasteiger partial charge in [-0.05, 0) is 67.9 Å².